The number of hydrogen-bond donors (Lipinski definition) is 1. The van der Waals surface area contributed by atoms with Gasteiger partial charge < -0.3 is 15.1 Å². The average molecular weight is 338 g/mol. The SMILES string of the molecule is CCNc1cc(C)nc(N2CCN(c3nccn4nccc34)CC2)n1. The summed E-state index contributed by atoms with van der Waals surface area (Å²) in [5.41, 5.74) is 2.02. The highest BCUT2D eigenvalue weighted by Crippen LogP contribution is 2.21. The monoisotopic (exact) mass is 338 g/mol. The minimum absolute atomic E-state index is 0.797. The third-order valence-electron chi connectivity index (χ3n) is 4.37. The van der Waals surface area contributed by atoms with Gasteiger partial charge in [0, 0.05) is 56.9 Å². The van der Waals surface area contributed by atoms with Crippen LogP contribution in [0.4, 0.5) is 17.6 Å². The van der Waals surface area contributed by atoms with Gasteiger partial charge in [0.2, 0.25) is 5.95 Å². The fourth-order valence-corrected chi connectivity index (χ4v) is 3.17. The molecule has 1 N–H and O–H groups in total. The summed E-state index contributed by atoms with van der Waals surface area (Å²) in [4.78, 5) is 18.3. The van der Waals surface area contributed by atoms with Crippen LogP contribution in [0.2, 0.25) is 0 Å². The zero-order chi connectivity index (χ0) is 17.2. The summed E-state index contributed by atoms with van der Waals surface area (Å²) in [6.07, 6.45) is 5.48. The molecule has 0 aliphatic carbocycles. The van der Waals surface area contributed by atoms with Crippen LogP contribution < -0.4 is 15.1 Å². The number of rotatable bonds is 4. The van der Waals surface area contributed by atoms with Crippen molar-refractivity contribution in [2.45, 2.75) is 13.8 Å². The standard InChI is InChI=1S/C17H22N8/c1-3-18-15-12-13(2)21-17(22-15)24-10-8-23(9-11-24)16-14-4-5-20-25(14)7-6-19-16/h4-7,12H,3,8-11H2,1-2H3,(H,18,21,22). The van der Waals surface area contributed by atoms with Gasteiger partial charge in [-0.2, -0.15) is 10.1 Å². The molecule has 3 aromatic rings. The van der Waals surface area contributed by atoms with E-state index in [0.717, 1.165) is 61.5 Å². The fraction of sp³-hybridized carbons (Fsp3) is 0.412. The Morgan fingerprint density at radius 1 is 1.08 bits per heavy atom. The van der Waals surface area contributed by atoms with Gasteiger partial charge in [0.05, 0.1) is 6.20 Å². The number of nitrogens with one attached hydrogen (secondary N) is 1. The van der Waals surface area contributed by atoms with Gasteiger partial charge >= 0.3 is 0 Å². The van der Waals surface area contributed by atoms with E-state index in [2.05, 4.69) is 42.1 Å². The predicted molar refractivity (Wildman–Crippen MR) is 98.3 cm³/mol. The number of aryl methyl sites for hydroxylation is 1. The van der Waals surface area contributed by atoms with Crippen molar-refractivity contribution in [2.75, 3.05) is 47.8 Å². The van der Waals surface area contributed by atoms with Crippen LogP contribution in [-0.2, 0) is 0 Å². The number of aromatic nitrogens is 5. The molecule has 0 saturated carbocycles. The quantitative estimate of drug-likeness (QED) is 0.774. The van der Waals surface area contributed by atoms with E-state index in [0.29, 0.717) is 0 Å². The van der Waals surface area contributed by atoms with Crippen LogP contribution in [0.15, 0.2) is 30.7 Å². The summed E-state index contributed by atoms with van der Waals surface area (Å²) in [7, 11) is 0. The maximum absolute atomic E-state index is 4.64. The zero-order valence-electron chi connectivity index (χ0n) is 14.6. The molecule has 4 rings (SSSR count). The van der Waals surface area contributed by atoms with E-state index in [1.807, 2.05) is 29.8 Å². The van der Waals surface area contributed by atoms with Crippen molar-refractivity contribution in [3.63, 3.8) is 0 Å². The topological polar surface area (TPSA) is 74.5 Å². The Morgan fingerprint density at radius 2 is 1.88 bits per heavy atom. The molecular formula is C17H22N8. The summed E-state index contributed by atoms with van der Waals surface area (Å²) in [6, 6.07) is 3.98. The average Bonchev–Trinajstić information content (AvgIpc) is 3.10. The lowest BCUT2D eigenvalue weighted by Crippen LogP contribution is -2.47. The van der Waals surface area contributed by atoms with Crippen molar-refractivity contribution in [1.82, 2.24) is 24.6 Å². The molecule has 0 atom stereocenters. The highest BCUT2D eigenvalue weighted by molar-refractivity contribution is 5.68. The first kappa shape index (κ1) is 15.6. The predicted octanol–water partition coefficient (Wildman–Crippen LogP) is 1.59. The van der Waals surface area contributed by atoms with Crippen molar-refractivity contribution >= 4 is 23.1 Å². The lowest BCUT2D eigenvalue weighted by Gasteiger charge is -2.35. The molecule has 0 bridgehead atoms. The normalized spacial score (nSPS) is 15.0. The Labute approximate surface area is 146 Å². The van der Waals surface area contributed by atoms with Crippen LogP contribution in [0.25, 0.3) is 5.52 Å². The van der Waals surface area contributed by atoms with Crippen LogP contribution >= 0.6 is 0 Å². The summed E-state index contributed by atoms with van der Waals surface area (Å²) in [6.45, 7) is 8.42. The minimum atomic E-state index is 0.797. The summed E-state index contributed by atoms with van der Waals surface area (Å²) in [5.74, 6) is 2.67. The summed E-state index contributed by atoms with van der Waals surface area (Å²) in [5, 5.41) is 7.56. The molecule has 0 unspecified atom stereocenters. The van der Waals surface area contributed by atoms with E-state index >= 15 is 0 Å². The minimum Gasteiger partial charge on any atom is -0.370 e. The smallest absolute Gasteiger partial charge is 0.227 e. The van der Waals surface area contributed by atoms with Crippen molar-refractivity contribution < 1.29 is 0 Å². The van der Waals surface area contributed by atoms with Gasteiger partial charge in [-0.15, -0.1) is 0 Å². The number of anilines is 3. The van der Waals surface area contributed by atoms with E-state index < -0.39 is 0 Å². The van der Waals surface area contributed by atoms with Gasteiger partial charge in [0.1, 0.15) is 11.3 Å². The summed E-state index contributed by atoms with van der Waals surface area (Å²) < 4.78 is 1.86. The number of piperazine rings is 1. The van der Waals surface area contributed by atoms with Crippen LogP contribution in [0, 0.1) is 6.92 Å². The number of nitrogens with zero attached hydrogens (tertiary/aromatic N) is 7. The van der Waals surface area contributed by atoms with E-state index in [4.69, 9.17) is 0 Å². The molecule has 3 aromatic heterocycles. The van der Waals surface area contributed by atoms with Gasteiger partial charge in [-0.3, -0.25) is 0 Å². The van der Waals surface area contributed by atoms with E-state index in [9.17, 15) is 0 Å². The second-order valence-corrected chi connectivity index (χ2v) is 6.11. The molecule has 4 heterocycles. The lowest BCUT2D eigenvalue weighted by atomic mass is 10.3. The van der Waals surface area contributed by atoms with Crippen molar-refractivity contribution in [1.29, 1.82) is 0 Å². The lowest BCUT2D eigenvalue weighted by molar-refractivity contribution is 0.634. The largest absolute Gasteiger partial charge is 0.370 e. The van der Waals surface area contributed by atoms with Gasteiger partial charge in [-0.25, -0.2) is 14.5 Å². The molecule has 0 radical (unpaired) electrons. The second kappa shape index (κ2) is 6.54. The Hall–Kier alpha value is -2.90. The number of fused-ring (bicyclic) bond motifs is 1. The number of hydrogen-bond acceptors (Lipinski definition) is 7. The van der Waals surface area contributed by atoms with Gasteiger partial charge in [0.25, 0.3) is 0 Å². The molecule has 0 amide bonds. The van der Waals surface area contributed by atoms with Crippen LogP contribution in [0.1, 0.15) is 12.6 Å². The Kier molecular flexibility index (Phi) is 4.09. The second-order valence-electron chi connectivity index (χ2n) is 6.11. The van der Waals surface area contributed by atoms with E-state index in [1.165, 1.54) is 0 Å². The van der Waals surface area contributed by atoms with Crippen molar-refractivity contribution in [3.05, 3.63) is 36.4 Å². The van der Waals surface area contributed by atoms with Crippen molar-refractivity contribution in [2.24, 2.45) is 0 Å². The Morgan fingerprint density at radius 3 is 2.68 bits per heavy atom. The first-order valence-corrected chi connectivity index (χ1v) is 8.62. The Balaban J connectivity index is 1.51. The highest BCUT2D eigenvalue weighted by atomic mass is 15.3. The van der Waals surface area contributed by atoms with Gasteiger partial charge in [-0.05, 0) is 19.9 Å². The summed E-state index contributed by atoms with van der Waals surface area (Å²) >= 11 is 0. The highest BCUT2D eigenvalue weighted by Gasteiger charge is 2.22. The van der Waals surface area contributed by atoms with Crippen LogP contribution in [-0.4, -0.2) is 57.3 Å². The molecule has 1 fully saturated rings. The van der Waals surface area contributed by atoms with E-state index in [1.54, 1.807) is 12.4 Å². The van der Waals surface area contributed by atoms with E-state index in [-0.39, 0.29) is 0 Å². The van der Waals surface area contributed by atoms with Gasteiger partial charge in [0.15, 0.2) is 5.82 Å². The third-order valence-corrected chi connectivity index (χ3v) is 4.37. The molecular weight excluding hydrogens is 316 g/mol. The molecule has 130 valence electrons. The molecule has 25 heavy (non-hydrogen) atoms. The molecule has 0 aromatic carbocycles. The molecule has 1 aliphatic heterocycles. The first-order valence-electron chi connectivity index (χ1n) is 8.62. The molecule has 8 heteroatoms. The molecule has 1 aliphatic rings. The third kappa shape index (κ3) is 3.07. The Bertz CT molecular complexity index is 866. The van der Waals surface area contributed by atoms with Crippen LogP contribution in [0.3, 0.4) is 0 Å². The molecule has 8 nitrogen and oxygen atoms in total. The maximum atomic E-state index is 4.64. The zero-order valence-corrected chi connectivity index (χ0v) is 14.6. The molecule has 0 spiro atoms. The van der Waals surface area contributed by atoms with Crippen molar-refractivity contribution in [3.8, 4) is 0 Å². The maximum Gasteiger partial charge on any atom is 0.227 e. The van der Waals surface area contributed by atoms with Crippen LogP contribution in [0.5, 0.6) is 0 Å². The van der Waals surface area contributed by atoms with Gasteiger partial charge in [-0.1, -0.05) is 0 Å². The fourth-order valence-electron chi connectivity index (χ4n) is 3.17. The molecule has 1 saturated heterocycles. The first-order chi connectivity index (χ1) is 12.2.